The molecule has 1 atom stereocenters. The van der Waals surface area contributed by atoms with E-state index >= 15 is 0 Å². The molecule has 2 rings (SSSR count). The van der Waals surface area contributed by atoms with Crippen molar-refractivity contribution in [2.75, 3.05) is 39.3 Å². The van der Waals surface area contributed by atoms with Crippen LogP contribution in [0.5, 0.6) is 0 Å². The number of rotatable bonds is 12. The molecule has 1 aromatic carbocycles. The highest BCUT2D eigenvalue weighted by Gasteiger charge is 2.28. The largest absolute Gasteiger partial charge is 0.357 e. The molecule has 6 heteroatoms. The number of carbonyl (C=O) groups is 1. The second-order valence-electron chi connectivity index (χ2n) is 7.28. The SMILES string of the molecule is CCNC(=NCC(Cc1ccccc1)N(CC)CC)NCCNC(=O)C1CC1. The number of benzene rings is 1. The Morgan fingerprint density at radius 1 is 1.07 bits per heavy atom. The maximum Gasteiger partial charge on any atom is 0.223 e. The Hall–Kier alpha value is -2.08. The molecule has 1 fully saturated rings. The zero-order valence-electron chi connectivity index (χ0n) is 17.7. The third kappa shape index (κ3) is 7.89. The molecule has 1 unspecified atom stereocenters. The van der Waals surface area contributed by atoms with Crippen LogP contribution in [0.4, 0.5) is 0 Å². The normalized spacial score (nSPS) is 15.4. The summed E-state index contributed by atoms with van der Waals surface area (Å²) >= 11 is 0. The first-order valence-electron chi connectivity index (χ1n) is 10.8. The van der Waals surface area contributed by atoms with Crippen LogP contribution in [-0.4, -0.2) is 62.1 Å². The molecule has 1 aromatic rings. The Morgan fingerprint density at radius 2 is 1.75 bits per heavy atom. The Labute approximate surface area is 170 Å². The van der Waals surface area contributed by atoms with Crippen molar-refractivity contribution in [1.82, 2.24) is 20.9 Å². The van der Waals surface area contributed by atoms with E-state index in [9.17, 15) is 4.79 Å². The molecule has 0 saturated heterocycles. The summed E-state index contributed by atoms with van der Waals surface area (Å²) in [4.78, 5) is 19.0. The second-order valence-corrected chi connectivity index (χ2v) is 7.28. The smallest absolute Gasteiger partial charge is 0.223 e. The van der Waals surface area contributed by atoms with E-state index in [-0.39, 0.29) is 11.8 Å². The van der Waals surface area contributed by atoms with Crippen LogP contribution in [0, 0.1) is 5.92 Å². The van der Waals surface area contributed by atoms with E-state index in [2.05, 4.69) is 72.0 Å². The van der Waals surface area contributed by atoms with Gasteiger partial charge in [0.1, 0.15) is 0 Å². The van der Waals surface area contributed by atoms with Crippen molar-refractivity contribution >= 4 is 11.9 Å². The number of amides is 1. The van der Waals surface area contributed by atoms with E-state index in [0.29, 0.717) is 19.1 Å². The summed E-state index contributed by atoms with van der Waals surface area (Å²) in [5.74, 6) is 1.26. The third-order valence-corrected chi connectivity index (χ3v) is 5.11. The summed E-state index contributed by atoms with van der Waals surface area (Å²) in [6, 6.07) is 11.0. The number of hydrogen-bond acceptors (Lipinski definition) is 3. The molecule has 1 aliphatic rings. The molecule has 0 heterocycles. The van der Waals surface area contributed by atoms with E-state index in [1.165, 1.54) is 5.56 Å². The van der Waals surface area contributed by atoms with E-state index in [0.717, 1.165) is 51.4 Å². The predicted octanol–water partition coefficient (Wildman–Crippen LogP) is 2.02. The zero-order chi connectivity index (χ0) is 20.2. The van der Waals surface area contributed by atoms with Crippen LogP contribution >= 0.6 is 0 Å². The minimum atomic E-state index is 0.188. The number of likely N-dealkylation sites (N-methyl/N-ethyl adjacent to an activating group) is 1. The van der Waals surface area contributed by atoms with Crippen LogP contribution < -0.4 is 16.0 Å². The first kappa shape index (κ1) is 22.2. The topological polar surface area (TPSA) is 68.8 Å². The monoisotopic (exact) mass is 387 g/mol. The van der Waals surface area contributed by atoms with Gasteiger partial charge in [0.2, 0.25) is 5.91 Å². The molecule has 1 aliphatic carbocycles. The third-order valence-electron chi connectivity index (χ3n) is 5.11. The molecule has 0 bridgehead atoms. The number of hydrogen-bond donors (Lipinski definition) is 3. The Bertz CT molecular complexity index is 596. The summed E-state index contributed by atoms with van der Waals surface area (Å²) in [6.07, 6.45) is 3.07. The van der Waals surface area contributed by atoms with Crippen LogP contribution in [-0.2, 0) is 11.2 Å². The van der Waals surface area contributed by atoms with Crippen molar-refractivity contribution in [1.29, 1.82) is 0 Å². The first-order valence-corrected chi connectivity index (χ1v) is 10.8. The molecule has 1 saturated carbocycles. The summed E-state index contributed by atoms with van der Waals surface area (Å²) in [7, 11) is 0. The van der Waals surface area contributed by atoms with E-state index in [4.69, 9.17) is 4.99 Å². The molecule has 0 radical (unpaired) electrons. The molecular weight excluding hydrogens is 350 g/mol. The molecule has 1 amide bonds. The number of nitrogens with zero attached hydrogens (tertiary/aromatic N) is 2. The van der Waals surface area contributed by atoms with Gasteiger partial charge in [0, 0.05) is 31.6 Å². The standard InChI is InChI=1S/C22H37N5O/c1-4-23-22(25-15-14-24-21(28)19-12-13-19)26-17-20(27(5-2)6-3)16-18-10-8-7-9-11-18/h7-11,19-20H,4-6,12-17H2,1-3H3,(H,24,28)(H2,23,25,26). The lowest BCUT2D eigenvalue weighted by Crippen LogP contribution is -2.44. The van der Waals surface area contributed by atoms with Gasteiger partial charge in [-0.3, -0.25) is 14.7 Å². The van der Waals surface area contributed by atoms with Gasteiger partial charge in [0.15, 0.2) is 5.96 Å². The van der Waals surface area contributed by atoms with E-state index < -0.39 is 0 Å². The quantitative estimate of drug-likeness (QED) is 0.292. The Balaban J connectivity index is 1.89. The van der Waals surface area contributed by atoms with Crippen molar-refractivity contribution in [3.63, 3.8) is 0 Å². The Kier molecular flexibility index (Phi) is 9.83. The van der Waals surface area contributed by atoms with E-state index in [1.54, 1.807) is 0 Å². The van der Waals surface area contributed by atoms with Gasteiger partial charge < -0.3 is 16.0 Å². The van der Waals surface area contributed by atoms with Gasteiger partial charge in [-0.2, -0.15) is 0 Å². The van der Waals surface area contributed by atoms with Crippen LogP contribution in [0.1, 0.15) is 39.2 Å². The molecule has 28 heavy (non-hydrogen) atoms. The van der Waals surface area contributed by atoms with Crippen molar-refractivity contribution in [2.45, 2.75) is 46.1 Å². The number of nitrogens with one attached hydrogen (secondary N) is 3. The Morgan fingerprint density at radius 3 is 2.36 bits per heavy atom. The maximum atomic E-state index is 11.7. The number of carbonyl (C=O) groups excluding carboxylic acids is 1. The lowest BCUT2D eigenvalue weighted by atomic mass is 10.0. The molecule has 0 aromatic heterocycles. The van der Waals surface area contributed by atoms with Gasteiger partial charge in [0.05, 0.1) is 6.54 Å². The van der Waals surface area contributed by atoms with Crippen molar-refractivity contribution in [2.24, 2.45) is 10.9 Å². The van der Waals surface area contributed by atoms with Crippen LogP contribution in [0.2, 0.25) is 0 Å². The predicted molar refractivity (Wildman–Crippen MR) is 117 cm³/mol. The number of guanidine groups is 1. The maximum absolute atomic E-state index is 11.7. The van der Waals surface area contributed by atoms with Crippen molar-refractivity contribution < 1.29 is 4.79 Å². The average Bonchev–Trinajstić information content (AvgIpc) is 3.56. The van der Waals surface area contributed by atoms with Gasteiger partial charge in [-0.05, 0) is 44.8 Å². The highest BCUT2D eigenvalue weighted by molar-refractivity contribution is 5.81. The summed E-state index contributed by atoms with van der Waals surface area (Å²) in [6.45, 7) is 11.4. The lowest BCUT2D eigenvalue weighted by Gasteiger charge is -2.29. The number of aliphatic imine (C=N–C) groups is 1. The molecule has 3 N–H and O–H groups in total. The molecule has 6 nitrogen and oxygen atoms in total. The summed E-state index contributed by atoms with van der Waals surface area (Å²) in [5.41, 5.74) is 1.34. The van der Waals surface area contributed by atoms with Gasteiger partial charge in [-0.25, -0.2) is 0 Å². The van der Waals surface area contributed by atoms with Crippen LogP contribution in [0.25, 0.3) is 0 Å². The highest BCUT2D eigenvalue weighted by atomic mass is 16.2. The first-order chi connectivity index (χ1) is 13.7. The molecule has 0 aliphatic heterocycles. The second kappa shape index (κ2) is 12.4. The van der Waals surface area contributed by atoms with Crippen molar-refractivity contribution in [3.05, 3.63) is 35.9 Å². The molecule has 0 spiro atoms. The van der Waals surface area contributed by atoms with Gasteiger partial charge in [0.25, 0.3) is 0 Å². The van der Waals surface area contributed by atoms with Crippen LogP contribution in [0.15, 0.2) is 35.3 Å². The fraction of sp³-hybridized carbons (Fsp3) is 0.636. The van der Waals surface area contributed by atoms with Gasteiger partial charge in [-0.15, -0.1) is 0 Å². The lowest BCUT2D eigenvalue weighted by molar-refractivity contribution is -0.122. The fourth-order valence-electron chi connectivity index (χ4n) is 3.33. The van der Waals surface area contributed by atoms with E-state index in [1.807, 2.05) is 0 Å². The summed E-state index contributed by atoms with van der Waals surface area (Å²) < 4.78 is 0. The highest BCUT2D eigenvalue weighted by Crippen LogP contribution is 2.28. The average molecular weight is 388 g/mol. The molecular formula is C22H37N5O. The van der Waals surface area contributed by atoms with Gasteiger partial charge >= 0.3 is 0 Å². The van der Waals surface area contributed by atoms with Gasteiger partial charge in [-0.1, -0.05) is 44.2 Å². The molecule has 156 valence electrons. The fourth-order valence-corrected chi connectivity index (χ4v) is 3.33. The zero-order valence-corrected chi connectivity index (χ0v) is 17.7. The minimum absolute atomic E-state index is 0.188. The minimum Gasteiger partial charge on any atom is -0.357 e. The van der Waals surface area contributed by atoms with Crippen LogP contribution in [0.3, 0.4) is 0 Å². The van der Waals surface area contributed by atoms with Crippen molar-refractivity contribution in [3.8, 4) is 0 Å². The summed E-state index contributed by atoms with van der Waals surface area (Å²) in [5, 5.41) is 9.63.